The summed E-state index contributed by atoms with van der Waals surface area (Å²) < 4.78 is 5.37. The summed E-state index contributed by atoms with van der Waals surface area (Å²) in [6, 6.07) is 3.99. The molecule has 1 unspecified atom stereocenters. The van der Waals surface area contributed by atoms with Gasteiger partial charge in [-0.2, -0.15) is 0 Å². The Hall–Kier alpha value is -1.88. The molecule has 5 heteroatoms. The lowest BCUT2D eigenvalue weighted by atomic mass is 10.2. The fourth-order valence-electron chi connectivity index (χ4n) is 1.92. The van der Waals surface area contributed by atoms with Gasteiger partial charge in [0, 0.05) is 17.8 Å². The van der Waals surface area contributed by atoms with E-state index in [0.29, 0.717) is 0 Å². The van der Waals surface area contributed by atoms with Crippen LogP contribution in [0.2, 0.25) is 0 Å². The van der Waals surface area contributed by atoms with Crippen LogP contribution < -0.4 is 5.32 Å². The maximum Gasteiger partial charge on any atom is 0.139 e. The molecule has 1 atom stereocenters. The minimum atomic E-state index is 0.193. The minimum Gasteiger partial charge on any atom is -0.464 e. The third-order valence-electron chi connectivity index (χ3n) is 2.85. The van der Waals surface area contributed by atoms with Crippen molar-refractivity contribution in [2.24, 2.45) is 0 Å². The average Bonchev–Trinajstić information content (AvgIpc) is 3.06. The second kappa shape index (κ2) is 4.78. The maximum atomic E-state index is 5.37. The molecule has 3 aromatic heterocycles. The van der Waals surface area contributed by atoms with E-state index in [9.17, 15) is 0 Å². The Balaban J connectivity index is 1.93. The molecule has 3 rings (SSSR count). The molecule has 3 aromatic rings. The SMILES string of the molecule is CCC(Nc1nccc2occc12)c1nccs1. The molecule has 18 heavy (non-hydrogen) atoms. The number of pyridine rings is 1. The molecule has 0 amide bonds. The van der Waals surface area contributed by atoms with Crippen LogP contribution in [0.3, 0.4) is 0 Å². The van der Waals surface area contributed by atoms with Crippen LogP contribution >= 0.6 is 11.3 Å². The van der Waals surface area contributed by atoms with Crippen LogP contribution in [0.1, 0.15) is 24.4 Å². The van der Waals surface area contributed by atoms with E-state index in [1.807, 2.05) is 23.7 Å². The second-order valence-corrected chi connectivity index (χ2v) is 4.89. The highest BCUT2D eigenvalue weighted by molar-refractivity contribution is 7.09. The van der Waals surface area contributed by atoms with Crippen molar-refractivity contribution < 1.29 is 4.42 Å². The highest BCUT2D eigenvalue weighted by Crippen LogP contribution is 2.28. The molecule has 3 heterocycles. The maximum absolute atomic E-state index is 5.37. The van der Waals surface area contributed by atoms with Crippen molar-refractivity contribution in [2.75, 3.05) is 5.32 Å². The zero-order valence-corrected chi connectivity index (χ0v) is 10.8. The number of anilines is 1. The molecule has 0 aliphatic rings. The van der Waals surface area contributed by atoms with E-state index in [2.05, 4.69) is 22.2 Å². The summed E-state index contributed by atoms with van der Waals surface area (Å²) in [5.41, 5.74) is 0.849. The van der Waals surface area contributed by atoms with Gasteiger partial charge in [0.05, 0.1) is 17.7 Å². The molecule has 0 saturated heterocycles. The number of fused-ring (bicyclic) bond motifs is 1. The van der Waals surface area contributed by atoms with Gasteiger partial charge in [-0.15, -0.1) is 11.3 Å². The van der Waals surface area contributed by atoms with Crippen molar-refractivity contribution in [1.82, 2.24) is 9.97 Å². The zero-order valence-electron chi connectivity index (χ0n) is 9.96. The first kappa shape index (κ1) is 11.2. The molecule has 0 spiro atoms. The van der Waals surface area contributed by atoms with Gasteiger partial charge in [0.2, 0.25) is 0 Å². The van der Waals surface area contributed by atoms with Crippen LogP contribution in [-0.4, -0.2) is 9.97 Å². The topological polar surface area (TPSA) is 51.0 Å². The van der Waals surface area contributed by atoms with Crippen LogP contribution in [0.25, 0.3) is 11.0 Å². The second-order valence-electron chi connectivity index (χ2n) is 3.97. The molecular formula is C13H13N3OS. The number of nitrogens with one attached hydrogen (secondary N) is 1. The number of aromatic nitrogens is 2. The molecule has 92 valence electrons. The number of hydrogen-bond acceptors (Lipinski definition) is 5. The lowest BCUT2D eigenvalue weighted by Crippen LogP contribution is -2.10. The summed E-state index contributed by atoms with van der Waals surface area (Å²) in [7, 11) is 0. The van der Waals surface area contributed by atoms with Crippen molar-refractivity contribution in [3.05, 3.63) is 41.2 Å². The standard InChI is InChI=1S/C13H13N3OS/c1-2-10(13-15-6-8-18-13)16-12-9-4-7-17-11(9)3-5-14-12/h3-8,10H,2H2,1H3,(H,14,16). The molecule has 0 bridgehead atoms. The van der Waals surface area contributed by atoms with E-state index in [1.165, 1.54) is 0 Å². The van der Waals surface area contributed by atoms with Gasteiger partial charge in [-0.3, -0.25) is 0 Å². The minimum absolute atomic E-state index is 0.193. The Morgan fingerprint density at radius 2 is 2.28 bits per heavy atom. The smallest absolute Gasteiger partial charge is 0.139 e. The fourth-order valence-corrected chi connectivity index (χ4v) is 2.69. The fraction of sp³-hybridized carbons (Fsp3) is 0.231. The van der Waals surface area contributed by atoms with Gasteiger partial charge < -0.3 is 9.73 Å². The van der Waals surface area contributed by atoms with E-state index in [1.54, 1.807) is 23.8 Å². The van der Waals surface area contributed by atoms with Crippen molar-refractivity contribution in [3.63, 3.8) is 0 Å². The Labute approximate surface area is 109 Å². The Morgan fingerprint density at radius 1 is 1.33 bits per heavy atom. The van der Waals surface area contributed by atoms with Crippen LogP contribution in [0.4, 0.5) is 5.82 Å². The van der Waals surface area contributed by atoms with Crippen molar-refractivity contribution >= 4 is 28.1 Å². The van der Waals surface area contributed by atoms with Gasteiger partial charge >= 0.3 is 0 Å². The summed E-state index contributed by atoms with van der Waals surface area (Å²) >= 11 is 1.66. The molecule has 0 radical (unpaired) electrons. The highest BCUT2D eigenvalue weighted by Gasteiger charge is 2.14. The number of hydrogen-bond donors (Lipinski definition) is 1. The number of rotatable bonds is 4. The Bertz CT molecular complexity index is 633. The summed E-state index contributed by atoms with van der Waals surface area (Å²) in [5.74, 6) is 0.850. The quantitative estimate of drug-likeness (QED) is 0.773. The molecule has 0 aliphatic heterocycles. The number of thiazole rings is 1. The van der Waals surface area contributed by atoms with Gasteiger partial charge in [-0.05, 0) is 18.6 Å². The lowest BCUT2D eigenvalue weighted by Gasteiger charge is -2.15. The van der Waals surface area contributed by atoms with E-state index in [-0.39, 0.29) is 6.04 Å². The van der Waals surface area contributed by atoms with Crippen molar-refractivity contribution in [1.29, 1.82) is 0 Å². The molecular weight excluding hydrogens is 246 g/mol. The monoisotopic (exact) mass is 259 g/mol. The van der Waals surface area contributed by atoms with Crippen molar-refractivity contribution in [2.45, 2.75) is 19.4 Å². The van der Waals surface area contributed by atoms with E-state index in [4.69, 9.17) is 4.42 Å². The number of nitrogens with zero attached hydrogens (tertiary/aromatic N) is 2. The molecule has 0 saturated carbocycles. The average molecular weight is 259 g/mol. The van der Waals surface area contributed by atoms with Crippen LogP contribution in [0.5, 0.6) is 0 Å². The molecule has 0 aliphatic carbocycles. The summed E-state index contributed by atoms with van der Waals surface area (Å²) in [6.07, 6.45) is 6.23. The van der Waals surface area contributed by atoms with Crippen LogP contribution in [0.15, 0.2) is 40.6 Å². The molecule has 4 nitrogen and oxygen atoms in total. The normalized spacial score (nSPS) is 12.7. The first-order chi connectivity index (χ1) is 8.88. The van der Waals surface area contributed by atoms with Gasteiger partial charge in [0.1, 0.15) is 16.4 Å². The van der Waals surface area contributed by atoms with E-state index in [0.717, 1.165) is 28.2 Å². The first-order valence-electron chi connectivity index (χ1n) is 5.86. The third-order valence-corrected chi connectivity index (χ3v) is 3.74. The molecule has 0 fully saturated rings. The third kappa shape index (κ3) is 1.97. The van der Waals surface area contributed by atoms with Gasteiger partial charge in [-0.25, -0.2) is 9.97 Å². The Morgan fingerprint density at radius 3 is 3.06 bits per heavy atom. The molecule has 0 aromatic carbocycles. The first-order valence-corrected chi connectivity index (χ1v) is 6.74. The van der Waals surface area contributed by atoms with Gasteiger partial charge in [-0.1, -0.05) is 6.92 Å². The summed E-state index contributed by atoms with van der Waals surface area (Å²) in [5, 5.41) is 7.52. The van der Waals surface area contributed by atoms with Crippen LogP contribution in [0, 0.1) is 0 Å². The van der Waals surface area contributed by atoms with E-state index < -0.39 is 0 Å². The van der Waals surface area contributed by atoms with Gasteiger partial charge in [0.25, 0.3) is 0 Å². The predicted molar refractivity (Wildman–Crippen MR) is 72.8 cm³/mol. The largest absolute Gasteiger partial charge is 0.464 e. The highest BCUT2D eigenvalue weighted by atomic mass is 32.1. The van der Waals surface area contributed by atoms with Crippen LogP contribution in [-0.2, 0) is 0 Å². The summed E-state index contributed by atoms with van der Waals surface area (Å²) in [6.45, 7) is 2.13. The van der Waals surface area contributed by atoms with Crippen molar-refractivity contribution in [3.8, 4) is 0 Å². The zero-order chi connectivity index (χ0) is 12.4. The lowest BCUT2D eigenvalue weighted by molar-refractivity contribution is 0.615. The number of furan rings is 1. The Kier molecular flexibility index (Phi) is 2.98. The molecule has 1 N–H and O–H groups in total. The predicted octanol–water partition coefficient (Wildman–Crippen LogP) is 3.85. The summed E-state index contributed by atoms with van der Waals surface area (Å²) in [4.78, 5) is 8.74. The van der Waals surface area contributed by atoms with E-state index >= 15 is 0 Å². The van der Waals surface area contributed by atoms with Gasteiger partial charge in [0.15, 0.2) is 0 Å².